The van der Waals surface area contributed by atoms with Gasteiger partial charge in [0, 0.05) is 11.4 Å². The second-order valence-electron chi connectivity index (χ2n) is 5.16. The summed E-state index contributed by atoms with van der Waals surface area (Å²) in [5.74, 6) is 0.645. The molecule has 0 saturated heterocycles. The molecule has 0 aliphatic heterocycles. The van der Waals surface area contributed by atoms with Crippen molar-refractivity contribution in [3.05, 3.63) is 53.3 Å². The van der Waals surface area contributed by atoms with Crippen LogP contribution in [0.3, 0.4) is 0 Å². The molecule has 0 amide bonds. The first-order chi connectivity index (χ1) is 10.5. The molecule has 0 aliphatic carbocycles. The highest BCUT2D eigenvalue weighted by atomic mass is 32.2. The summed E-state index contributed by atoms with van der Waals surface area (Å²) >= 11 is 1.36. The van der Waals surface area contributed by atoms with Crippen molar-refractivity contribution in [1.82, 2.24) is 19.6 Å². The lowest BCUT2D eigenvalue weighted by Crippen LogP contribution is -2.05. The first-order valence-corrected chi connectivity index (χ1v) is 7.85. The second-order valence-corrected chi connectivity index (χ2v) is 6.24. The van der Waals surface area contributed by atoms with Crippen molar-refractivity contribution in [3.63, 3.8) is 0 Å². The third-order valence-electron chi connectivity index (χ3n) is 3.29. The van der Waals surface area contributed by atoms with Gasteiger partial charge < -0.3 is 0 Å². The molecular formula is C16H16N4OS. The Bertz CT molecular complexity index is 829. The Labute approximate surface area is 132 Å². The van der Waals surface area contributed by atoms with Crippen LogP contribution in [0.25, 0.3) is 5.78 Å². The zero-order valence-electron chi connectivity index (χ0n) is 12.6. The number of nitrogens with zero attached hydrogens (tertiary/aromatic N) is 4. The van der Waals surface area contributed by atoms with Crippen LogP contribution in [-0.4, -0.2) is 25.4 Å². The van der Waals surface area contributed by atoms with E-state index in [0.717, 1.165) is 17.0 Å². The predicted octanol–water partition coefficient (Wildman–Crippen LogP) is 3.16. The number of Topliss-reactive ketones (excluding diaryl/α,β-unsaturated/α-hetero) is 1. The molecule has 0 radical (unpaired) electrons. The minimum atomic E-state index is -0.306. The van der Waals surface area contributed by atoms with Crippen molar-refractivity contribution < 1.29 is 4.79 Å². The third-order valence-corrected chi connectivity index (χ3v) is 4.52. The SMILES string of the molecule is CC(=O)[C@@H](Sc1nc2nc(C)cc(C)n2n1)c1ccccc1. The van der Waals surface area contributed by atoms with E-state index >= 15 is 0 Å². The van der Waals surface area contributed by atoms with E-state index in [2.05, 4.69) is 15.1 Å². The lowest BCUT2D eigenvalue weighted by atomic mass is 10.1. The topological polar surface area (TPSA) is 60.2 Å². The maximum Gasteiger partial charge on any atom is 0.253 e. The summed E-state index contributed by atoms with van der Waals surface area (Å²) in [6.45, 7) is 5.48. The predicted molar refractivity (Wildman–Crippen MR) is 86.0 cm³/mol. The van der Waals surface area contributed by atoms with Crippen LogP contribution >= 0.6 is 11.8 Å². The summed E-state index contributed by atoms with van der Waals surface area (Å²) in [5, 5.41) is 4.71. The van der Waals surface area contributed by atoms with Crippen LogP contribution in [0, 0.1) is 13.8 Å². The second kappa shape index (κ2) is 5.88. The van der Waals surface area contributed by atoms with Crippen LogP contribution in [0.1, 0.15) is 29.1 Å². The highest BCUT2D eigenvalue weighted by Crippen LogP contribution is 2.34. The highest BCUT2D eigenvalue weighted by molar-refractivity contribution is 8.00. The van der Waals surface area contributed by atoms with Gasteiger partial charge in [0.25, 0.3) is 5.78 Å². The molecule has 6 heteroatoms. The first-order valence-electron chi connectivity index (χ1n) is 6.97. The average Bonchev–Trinajstić information content (AvgIpc) is 2.88. The van der Waals surface area contributed by atoms with Crippen LogP contribution in [0.2, 0.25) is 0 Å². The smallest absolute Gasteiger partial charge is 0.253 e. The molecule has 1 atom stereocenters. The Balaban J connectivity index is 1.97. The standard InChI is InChI=1S/C16H16N4OS/c1-10-9-11(2)20-15(17-10)18-16(19-20)22-14(12(3)21)13-7-5-4-6-8-13/h4-9,14H,1-3H3/t14-/m1/s1. The molecule has 0 fully saturated rings. The van der Waals surface area contributed by atoms with Crippen molar-refractivity contribution in [3.8, 4) is 0 Å². The van der Waals surface area contributed by atoms with E-state index < -0.39 is 0 Å². The molecular weight excluding hydrogens is 296 g/mol. The molecule has 22 heavy (non-hydrogen) atoms. The van der Waals surface area contributed by atoms with Crippen molar-refractivity contribution in [2.45, 2.75) is 31.2 Å². The number of carbonyl (C=O) groups is 1. The van der Waals surface area contributed by atoms with Crippen LogP contribution in [0.4, 0.5) is 0 Å². The summed E-state index contributed by atoms with van der Waals surface area (Å²) in [6, 6.07) is 11.6. The lowest BCUT2D eigenvalue weighted by molar-refractivity contribution is -0.116. The average molecular weight is 312 g/mol. The molecule has 0 unspecified atom stereocenters. The fourth-order valence-electron chi connectivity index (χ4n) is 2.32. The Morgan fingerprint density at radius 2 is 1.91 bits per heavy atom. The van der Waals surface area contributed by atoms with Gasteiger partial charge in [-0.25, -0.2) is 9.50 Å². The fourth-order valence-corrected chi connectivity index (χ4v) is 3.25. The molecule has 112 valence electrons. The minimum Gasteiger partial charge on any atom is -0.298 e. The van der Waals surface area contributed by atoms with Crippen LogP contribution < -0.4 is 0 Å². The first kappa shape index (κ1) is 14.7. The number of rotatable bonds is 4. The van der Waals surface area contributed by atoms with Gasteiger partial charge in [-0.3, -0.25) is 4.79 Å². The van der Waals surface area contributed by atoms with Gasteiger partial charge in [0.05, 0.1) is 5.25 Å². The molecule has 0 aliphatic rings. The van der Waals surface area contributed by atoms with Gasteiger partial charge in [-0.2, -0.15) is 4.98 Å². The molecule has 3 rings (SSSR count). The number of ketones is 1. The molecule has 2 heterocycles. The lowest BCUT2D eigenvalue weighted by Gasteiger charge is -2.11. The summed E-state index contributed by atoms with van der Waals surface area (Å²) < 4.78 is 1.71. The number of aromatic nitrogens is 4. The van der Waals surface area contributed by atoms with E-state index in [1.165, 1.54) is 11.8 Å². The van der Waals surface area contributed by atoms with Crippen molar-refractivity contribution in [2.75, 3.05) is 0 Å². The Kier molecular flexibility index (Phi) is 3.94. The van der Waals surface area contributed by atoms with Gasteiger partial charge in [0.1, 0.15) is 5.78 Å². The maximum absolute atomic E-state index is 12.0. The van der Waals surface area contributed by atoms with Gasteiger partial charge in [-0.15, -0.1) is 5.10 Å². The third kappa shape index (κ3) is 2.87. The Morgan fingerprint density at radius 3 is 2.59 bits per heavy atom. The summed E-state index contributed by atoms with van der Waals surface area (Å²) in [7, 11) is 0. The van der Waals surface area contributed by atoms with Gasteiger partial charge in [-0.1, -0.05) is 42.1 Å². The van der Waals surface area contributed by atoms with E-state index in [9.17, 15) is 4.79 Å². The maximum atomic E-state index is 12.0. The number of carbonyl (C=O) groups excluding carboxylic acids is 1. The van der Waals surface area contributed by atoms with E-state index in [4.69, 9.17) is 0 Å². The largest absolute Gasteiger partial charge is 0.298 e. The van der Waals surface area contributed by atoms with Gasteiger partial charge in [0.2, 0.25) is 5.16 Å². The zero-order chi connectivity index (χ0) is 15.7. The molecule has 3 aromatic rings. The van der Waals surface area contributed by atoms with Crippen molar-refractivity contribution >= 4 is 23.3 Å². The normalized spacial score (nSPS) is 12.5. The van der Waals surface area contributed by atoms with Gasteiger partial charge >= 0.3 is 0 Å². The van der Waals surface area contributed by atoms with E-state index in [-0.39, 0.29) is 11.0 Å². The van der Waals surface area contributed by atoms with E-state index in [1.54, 1.807) is 11.4 Å². The van der Waals surface area contributed by atoms with Crippen molar-refractivity contribution in [1.29, 1.82) is 0 Å². The monoisotopic (exact) mass is 312 g/mol. The van der Waals surface area contributed by atoms with Gasteiger partial charge in [-0.05, 0) is 32.4 Å². The zero-order valence-corrected chi connectivity index (χ0v) is 13.5. The van der Waals surface area contributed by atoms with E-state index in [1.807, 2.05) is 50.2 Å². The van der Waals surface area contributed by atoms with E-state index in [0.29, 0.717) is 10.9 Å². The summed E-state index contributed by atoms with van der Waals surface area (Å²) in [5.41, 5.74) is 2.83. The summed E-state index contributed by atoms with van der Waals surface area (Å²) in [4.78, 5) is 20.8. The number of benzene rings is 1. The molecule has 1 aromatic carbocycles. The van der Waals surface area contributed by atoms with Crippen LogP contribution in [-0.2, 0) is 4.79 Å². The molecule has 0 saturated carbocycles. The highest BCUT2D eigenvalue weighted by Gasteiger charge is 2.21. The molecule has 0 spiro atoms. The number of aryl methyl sites for hydroxylation is 2. The Hall–Kier alpha value is -2.21. The quantitative estimate of drug-likeness (QED) is 0.693. The molecule has 2 aromatic heterocycles. The van der Waals surface area contributed by atoms with Crippen molar-refractivity contribution in [2.24, 2.45) is 0 Å². The minimum absolute atomic E-state index is 0.0796. The Morgan fingerprint density at radius 1 is 1.18 bits per heavy atom. The van der Waals surface area contributed by atoms with Gasteiger partial charge in [0.15, 0.2) is 0 Å². The number of fused-ring (bicyclic) bond motifs is 1. The molecule has 5 nitrogen and oxygen atoms in total. The number of thioether (sulfide) groups is 1. The summed E-state index contributed by atoms with van der Waals surface area (Å²) in [6.07, 6.45) is 0. The number of hydrogen-bond donors (Lipinski definition) is 0. The van der Waals surface area contributed by atoms with Crippen LogP contribution in [0.5, 0.6) is 0 Å². The fraction of sp³-hybridized carbons (Fsp3) is 0.250. The van der Waals surface area contributed by atoms with Crippen LogP contribution in [0.15, 0.2) is 41.6 Å². The number of hydrogen-bond acceptors (Lipinski definition) is 5. The molecule has 0 N–H and O–H groups in total. The molecule has 0 bridgehead atoms.